The Balaban J connectivity index is 1.49. The second kappa shape index (κ2) is 14.1. The van der Waals surface area contributed by atoms with Gasteiger partial charge in [-0.05, 0) is 43.2 Å². The van der Waals surface area contributed by atoms with Gasteiger partial charge in [0.2, 0.25) is 5.60 Å². The Labute approximate surface area is 282 Å². The maximum atomic E-state index is 14.8. The molecule has 5 aromatic rings. The summed E-state index contributed by atoms with van der Waals surface area (Å²) < 4.78 is 78.9. The number of alkyl carbamates (subject to hydrolysis) is 1. The normalized spacial score (nSPS) is 13.2. The molecule has 0 spiro atoms. The van der Waals surface area contributed by atoms with Crippen LogP contribution in [0.3, 0.4) is 0 Å². The van der Waals surface area contributed by atoms with E-state index in [1.54, 1.807) is 42.6 Å². The number of halogens is 5. The van der Waals surface area contributed by atoms with Crippen LogP contribution in [0.2, 0.25) is 0 Å². The molecule has 1 unspecified atom stereocenters. The third-order valence-corrected chi connectivity index (χ3v) is 7.87. The Kier molecular flexibility index (Phi) is 10.0. The lowest BCUT2D eigenvalue weighted by Crippen LogP contribution is -2.52. The molecule has 0 fully saturated rings. The van der Waals surface area contributed by atoms with Crippen molar-refractivity contribution in [3.63, 3.8) is 0 Å². The summed E-state index contributed by atoms with van der Waals surface area (Å²) in [5.74, 6) is -0.758. The van der Waals surface area contributed by atoms with Crippen molar-refractivity contribution in [2.45, 2.75) is 44.2 Å². The lowest BCUT2D eigenvalue weighted by molar-refractivity contribution is -0.265. The van der Waals surface area contributed by atoms with E-state index in [0.717, 1.165) is 22.9 Å². The van der Waals surface area contributed by atoms with Crippen LogP contribution in [-0.2, 0) is 29.5 Å². The number of pyridine rings is 1. The fourth-order valence-corrected chi connectivity index (χ4v) is 4.95. The molecule has 2 aromatic carbocycles. The zero-order chi connectivity index (χ0) is 36.3. The minimum Gasteiger partial charge on any atom is -0.445 e. The Morgan fingerprint density at radius 3 is 2.30 bits per heavy atom. The maximum absolute atomic E-state index is 14.8. The molecule has 5 rings (SSSR count). The summed E-state index contributed by atoms with van der Waals surface area (Å²) in [5.41, 5.74) is -5.79. The van der Waals surface area contributed by atoms with Crippen molar-refractivity contribution < 1.29 is 41.4 Å². The molecule has 0 aliphatic rings. The number of hydrogen-bond donors (Lipinski definition) is 3. The fourth-order valence-electron chi connectivity index (χ4n) is 4.95. The van der Waals surface area contributed by atoms with Crippen LogP contribution < -0.4 is 10.6 Å². The fraction of sp³-hybridized carbons (Fsp3) is 0.265. The number of amides is 2. The molecule has 3 heterocycles. The van der Waals surface area contributed by atoms with E-state index in [1.807, 2.05) is 0 Å². The van der Waals surface area contributed by atoms with Gasteiger partial charge >= 0.3 is 12.3 Å². The molecule has 3 aromatic heterocycles. The first-order chi connectivity index (χ1) is 23.6. The first kappa shape index (κ1) is 35.7. The Morgan fingerprint density at radius 1 is 0.980 bits per heavy atom. The molecule has 0 aliphatic carbocycles. The summed E-state index contributed by atoms with van der Waals surface area (Å²) in [6.45, 7) is 1.53. The van der Waals surface area contributed by atoms with Crippen LogP contribution in [-0.4, -0.2) is 54.4 Å². The number of benzene rings is 2. The molecule has 16 heteroatoms. The second-order valence-corrected chi connectivity index (χ2v) is 11.9. The molecule has 3 N–H and O–H groups in total. The van der Waals surface area contributed by atoms with Crippen LogP contribution in [0.15, 0.2) is 91.3 Å². The first-order valence-electron chi connectivity index (χ1n) is 15.1. The first-order valence-corrected chi connectivity index (χ1v) is 15.1. The summed E-state index contributed by atoms with van der Waals surface area (Å²) in [4.78, 5) is 30.0. The van der Waals surface area contributed by atoms with Crippen LogP contribution in [0, 0.1) is 0 Å². The smallest absolute Gasteiger partial charge is 0.424 e. The van der Waals surface area contributed by atoms with Crippen molar-refractivity contribution in [2.75, 3.05) is 6.54 Å². The van der Waals surface area contributed by atoms with Gasteiger partial charge in [-0.25, -0.2) is 23.2 Å². The molecule has 50 heavy (non-hydrogen) atoms. The summed E-state index contributed by atoms with van der Waals surface area (Å²) in [5, 5.41) is 24.3. The van der Waals surface area contributed by atoms with Crippen molar-refractivity contribution in [3.8, 4) is 17.1 Å². The molecular weight excluding hydrogens is 665 g/mol. The molecule has 0 saturated carbocycles. The zero-order valence-electron chi connectivity index (χ0n) is 26.9. The lowest BCUT2D eigenvalue weighted by Gasteiger charge is -2.33. The number of carbonyl (C=O) groups is 2. The van der Waals surface area contributed by atoms with E-state index in [1.165, 1.54) is 56.0 Å². The van der Waals surface area contributed by atoms with Crippen LogP contribution in [0.1, 0.15) is 53.1 Å². The average molecular weight is 698 g/mol. The van der Waals surface area contributed by atoms with E-state index in [0.29, 0.717) is 5.56 Å². The Morgan fingerprint density at radius 2 is 1.68 bits per heavy atom. The van der Waals surface area contributed by atoms with Crippen LogP contribution >= 0.6 is 0 Å². The molecule has 2 amide bonds. The number of hydrogen-bond acceptors (Lipinski definition) is 7. The molecule has 0 bridgehead atoms. The van der Waals surface area contributed by atoms with Crippen LogP contribution in [0.5, 0.6) is 0 Å². The standard InChI is InChI=1S/C34H32F5N7O4/c1-32(2,43-31(48)50-19-21-8-5-4-6-9-21)24-16-25(22-10-12-23(13-11-22)29(35)36)42-27(17-24)33(49,34(37,38)39)20-40-30(47)26-18-28(44-45(26)3)46-15-7-14-41-46/h4-18,29,49H,19-20H2,1-3H3,(H,40,47)(H,43,48). The van der Waals surface area contributed by atoms with Gasteiger partial charge in [-0.1, -0.05) is 54.6 Å². The Bertz CT molecular complexity index is 1950. The minimum absolute atomic E-state index is 0.0524. The van der Waals surface area contributed by atoms with E-state index in [2.05, 4.69) is 25.8 Å². The van der Waals surface area contributed by atoms with Gasteiger partial charge in [0.15, 0.2) is 5.82 Å². The number of nitrogens with zero attached hydrogens (tertiary/aromatic N) is 5. The van der Waals surface area contributed by atoms with Gasteiger partial charge in [-0.3, -0.25) is 9.48 Å². The topological polar surface area (TPSA) is 136 Å². The number of aryl methyl sites for hydroxylation is 1. The SMILES string of the molecule is Cn1nc(-n2cccn2)cc1C(=O)NCC(O)(c1cc(C(C)(C)NC(=O)OCc2ccccc2)cc(-c2ccc(C(F)F)cc2)n1)C(F)(F)F. The number of alkyl halides is 5. The lowest BCUT2D eigenvalue weighted by atomic mass is 9.88. The molecule has 262 valence electrons. The zero-order valence-corrected chi connectivity index (χ0v) is 26.9. The highest BCUT2D eigenvalue weighted by Gasteiger charge is 2.57. The third-order valence-electron chi connectivity index (χ3n) is 7.87. The van der Waals surface area contributed by atoms with Crippen molar-refractivity contribution in [3.05, 3.63) is 119 Å². The van der Waals surface area contributed by atoms with Gasteiger partial charge < -0.3 is 20.5 Å². The summed E-state index contributed by atoms with van der Waals surface area (Å²) in [6, 6.07) is 18.7. The molecule has 1 atom stereocenters. The van der Waals surface area contributed by atoms with Gasteiger partial charge in [0.05, 0.1) is 23.5 Å². The number of carbonyl (C=O) groups excluding carboxylic acids is 2. The number of nitrogens with one attached hydrogen (secondary N) is 2. The van der Waals surface area contributed by atoms with Crippen molar-refractivity contribution >= 4 is 12.0 Å². The van der Waals surface area contributed by atoms with Crippen LogP contribution in [0.4, 0.5) is 26.7 Å². The predicted octanol–water partition coefficient (Wildman–Crippen LogP) is 5.95. The summed E-state index contributed by atoms with van der Waals surface area (Å²) >= 11 is 0. The summed E-state index contributed by atoms with van der Waals surface area (Å²) in [7, 11) is 1.41. The predicted molar refractivity (Wildman–Crippen MR) is 170 cm³/mol. The molecule has 0 radical (unpaired) electrons. The van der Waals surface area contributed by atoms with E-state index < -0.39 is 48.0 Å². The van der Waals surface area contributed by atoms with E-state index in [9.17, 15) is 36.6 Å². The van der Waals surface area contributed by atoms with Crippen molar-refractivity contribution in [1.29, 1.82) is 0 Å². The number of aromatic nitrogens is 5. The number of aliphatic hydroxyl groups is 1. The van der Waals surface area contributed by atoms with Crippen molar-refractivity contribution in [1.82, 2.24) is 35.2 Å². The van der Waals surface area contributed by atoms with E-state index in [-0.39, 0.29) is 40.5 Å². The largest absolute Gasteiger partial charge is 0.445 e. The van der Waals surface area contributed by atoms with Gasteiger partial charge in [-0.15, -0.1) is 0 Å². The van der Waals surface area contributed by atoms with Gasteiger partial charge in [0.25, 0.3) is 12.3 Å². The maximum Gasteiger partial charge on any atom is 0.424 e. The minimum atomic E-state index is -5.39. The molecular formula is C34H32F5N7O4. The highest BCUT2D eigenvalue weighted by Crippen LogP contribution is 2.40. The molecule has 11 nitrogen and oxygen atoms in total. The average Bonchev–Trinajstić information content (AvgIpc) is 3.76. The number of ether oxygens (including phenoxy) is 1. The van der Waals surface area contributed by atoms with Gasteiger partial charge in [0.1, 0.15) is 12.3 Å². The highest BCUT2D eigenvalue weighted by atomic mass is 19.4. The quantitative estimate of drug-likeness (QED) is 0.145. The molecule has 0 saturated heterocycles. The monoisotopic (exact) mass is 697 g/mol. The number of rotatable bonds is 11. The van der Waals surface area contributed by atoms with Crippen LogP contribution in [0.25, 0.3) is 17.1 Å². The Hall–Kier alpha value is -5.64. The van der Waals surface area contributed by atoms with Crippen molar-refractivity contribution in [2.24, 2.45) is 7.05 Å². The van der Waals surface area contributed by atoms with Gasteiger partial charge in [-0.2, -0.15) is 23.4 Å². The second-order valence-electron chi connectivity index (χ2n) is 11.9. The third kappa shape index (κ3) is 7.80. The summed E-state index contributed by atoms with van der Waals surface area (Å²) in [6.07, 6.45) is -6.03. The van der Waals surface area contributed by atoms with Gasteiger partial charge in [0, 0.05) is 36.6 Å². The van der Waals surface area contributed by atoms with E-state index in [4.69, 9.17) is 4.74 Å². The molecule has 0 aliphatic heterocycles. The van der Waals surface area contributed by atoms with E-state index >= 15 is 0 Å². The highest BCUT2D eigenvalue weighted by molar-refractivity contribution is 5.93.